The first-order valence-electron chi connectivity index (χ1n) is 11.5. The van der Waals surface area contributed by atoms with E-state index in [2.05, 4.69) is 0 Å². The fourth-order valence-electron chi connectivity index (χ4n) is 4.16. The molecule has 194 valence electrons. The van der Waals surface area contributed by atoms with Crippen LogP contribution in [0.3, 0.4) is 0 Å². The number of fused-ring (bicyclic) bond motifs is 2. The van der Waals surface area contributed by atoms with Crippen LogP contribution in [0.4, 0.5) is 26.3 Å². The Hall–Kier alpha value is -4.77. The first-order chi connectivity index (χ1) is 18.5. The van der Waals surface area contributed by atoms with E-state index in [1.54, 1.807) is 30.3 Å². The summed E-state index contributed by atoms with van der Waals surface area (Å²) in [7, 11) is 0. The van der Waals surface area contributed by atoms with Crippen molar-refractivity contribution in [3.05, 3.63) is 113 Å². The molecule has 0 saturated heterocycles. The molecule has 0 N–H and O–H groups in total. The topological polar surface area (TPSA) is 26.3 Å². The van der Waals surface area contributed by atoms with Gasteiger partial charge in [-0.3, -0.25) is 0 Å². The largest absolute Gasteiger partial charge is 0.458 e. The van der Waals surface area contributed by atoms with E-state index in [4.69, 9.17) is 4.74 Å². The number of hydrogen-bond acceptors (Lipinski definition) is 2. The number of hydrogen-bond donors (Lipinski definition) is 0. The van der Waals surface area contributed by atoms with Crippen LogP contribution in [-0.4, -0.2) is 12.1 Å². The molecule has 5 rings (SSSR count). The zero-order valence-electron chi connectivity index (χ0n) is 20.1. The predicted octanol–water partition coefficient (Wildman–Crippen LogP) is 8.52. The van der Waals surface area contributed by atoms with Crippen LogP contribution in [0, 0.1) is 36.2 Å². The Kier molecular flexibility index (Phi) is 6.52. The normalized spacial score (nSPS) is 11.4. The van der Waals surface area contributed by atoms with E-state index < -0.39 is 35.2 Å². The molecule has 0 fully saturated rings. The molecule has 0 atom stereocenters. The van der Waals surface area contributed by atoms with Crippen molar-refractivity contribution in [1.82, 2.24) is 0 Å². The van der Waals surface area contributed by atoms with Gasteiger partial charge in [-0.05, 0) is 59.7 Å². The third kappa shape index (κ3) is 5.30. The van der Waals surface area contributed by atoms with Gasteiger partial charge in [0, 0.05) is 22.3 Å². The number of benzene rings is 5. The van der Waals surface area contributed by atoms with E-state index >= 15 is 4.39 Å². The molecule has 0 aliphatic rings. The van der Waals surface area contributed by atoms with Crippen molar-refractivity contribution < 1.29 is 35.9 Å². The van der Waals surface area contributed by atoms with Gasteiger partial charge in [0.1, 0.15) is 23.2 Å². The van der Waals surface area contributed by atoms with Gasteiger partial charge in [-0.25, -0.2) is 18.0 Å². The molecule has 5 aromatic carbocycles. The quantitative estimate of drug-likeness (QED) is 0.100. The summed E-state index contributed by atoms with van der Waals surface area (Å²) in [6.45, 7) is 1.90. The number of carbonyl (C=O) groups excluding carboxylic acids is 1. The SMILES string of the molecule is Cc1ccc(OC(=O)c2ccc3c(F)c(-c4ccc5c(F)c(C#CC(F)(F)F)c(F)cc5c4)ccc3c2)cc1. The third-order valence-electron chi connectivity index (χ3n) is 6.09. The third-order valence-corrected chi connectivity index (χ3v) is 6.09. The molecular weight excluding hydrogens is 518 g/mol. The number of esters is 1. The Morgan fingerprint density at radius 3 is 2.18 bits per heavy atom. The van der Waals surface area contributed by atoms with Crippen molar-refractivity contribution in [3.63, 3.8) is 0 Å². The summed E-state index contributed by atoms with van der Waals surface area (Å²) in [4.78, 5) is 12.6. The average molecular weight is 534 g/mol. The van der Waals surface area contributed by atoms with Gasteiger partial charge in [0.2, 0.25) is 0 Å². The molecule has 0 amide bonds. The second kappa shape index (κ2) is 9.84. The Labute approximate surface area is 218 Å². The Morgan fingerprint density at radius 1 is 0.769 bits per heavy atom. The Morgan fingerprint density at radius 2 is 1.46 bits per heavy atom. The summed E-state index contributed by atoms with van der Waals surface area (Å²) in [5.74, 6) is -1.01. The van der Waals surface area contributed by atoms with E-state index in [1.165, 1.54) is 48.4 Å². The van der Waals surface area contributed by atoms with E-state index in [0.29, 0.717) is 11.1 Å². The lowest BCUT2D eigenvalue weighted by molar-refractivity contribution is -0.0696. The molecule has 0 unspecified atom stereocenters. The molecule has 8 heteroatoms. The first kappa shape index (κ1) is 25.9. The predicted molar refractivity (Wildman–Crippen MR) is 136 cm³/mol. The number of ether oxygens (including phenoxy) is 1. The van der Waals surface area contributed by atoms with Crippen LogP contribution in [0.15, 0.2) is 78.9 Å². The van der Waals surface area contributed by atoms with Gasteiger partial charge in [-0.2, -0.15) is 13.2 Å². The Bertz CT molecular complexity index is 1830. The molecule has 0 heterocycles. The molecule has 5 aromatic rings. The van der Waals surface area contributed by atoms with Crippen molar-refractivity contribution >= 4 is 27.5 Å². The zero-order chi connectivity index (χ0) is 27.9. The average Bonchev–Trinajstić information content (AvgIpc) is 2.89. The van der Waals surface area contributed by atoms with Gasteiger partial charge in [0.15, 0.2) is 0 Å². The lowest BCUT2D eigenvalue weighted by Gasteiger charge is -2.11. The summed E-state index contributed by atoms with van der Waals surface area (Å²) in [5, 5.41) is 0.494. The zero-order valence-corrected chi connectivity index (χ0v) is 20.1. The fraction of sp³-hybridized carbons (Fsp3) is 0.0645. The molecule has 0 spiro atoms. The number of alkyl halides is 3. The summed E-state index contributed by atoms with van der Waals surface area (Å²) < 4.78 is 87.2. The Balaban J connectivity index is 1.49. The monoisotopic (exact) mass is 534 g/mol. The van der Waals surface area contributed by atoms with E-state index in [0.717, 1.165) is 17.6 Å². The first-order valence-corrected chi connectivity index (χ1v) is 11.5. The van der Waals surface area contributed by atoms with Crippen LogP contribution in [0.2, 0.25) is 0 Å². The van der Waals surface area contributed by atoms with Crippen LogP contribution in [0.5, 0.6) is 5.75 Å². The van der Waals surface area contributed by atoms with Crippen LogP contribution >= 0.6 is 0 Å². The highest BCUT2D eigenvalue weighted by Crippen LogP contribution is 2.33. The maximum Gasteiger partial charge on any atom is 0.458 e. The van der Waals surface area contributed by atoms with Crippen LogP contribution in [0.25, 0.3) is 32.7 Å². The lowest BCUT2D eigenvalue weighted by Crippen LogP contribution is -2.08. The minimum atomic E-state index is -4.91. The van der Waals surface area contributed by atoms with Crippen LogP contribution in [0.1, 0.15) is 21.5 Å². The highest BCUT2D eigenvalue weighted by Gasteiger charge is 2.24. The van der Waals surface area contributed by atoms with Gasteiger partial charge < -0.3 is 4.74 Å². The molecule has 2 nitrogen and oxygen atoms in total. The fourth-order valence-corrected chi connectivity index (χ4v) is 4.16. The minimum Gasteiger partial charge on any atom is -0.423 e. The highest BCUT2D eigenvalue weighted by atomic mass is 19.4. The van der Waals surface area contributed by atoms with Gasteiger partial charge in [-0.15, -0.1) is 0 Å². The highest BCUT2D eigenvalue weighted by molar-refractivity contribution is 5.98. The molecule has 0 bridgehead atoms. The molecule has 0 aliphatic heterocycles. The van der Waals surface area contributed by atoms with Crippen molar-refractivity contribution in [2.75, 3.05) is 0 Å². The van der Waals surface area contributed by atoms with Gasteiger partial charge in [0.25, 0.3) is 0 Å². The molecule has 0 saturated carbocycles. The number of halogens is 6. The van der Waals surface area contributed by atoms with Crippen LogP contribution in [-0.2, 0) is 0 Å². The summed E-state index contributed by atoms with van der Waals surface area (Å²) in [6.07, 6.45) is -4.91. The van der Waals surface area contributed by atoms with Crippen molar-refractivity contribution in [1.29, 1.82) is 0 Å². The second-order valence-corrected chi connectivity index (χ2v) is 8.80. The summed E-state index contributed by atoms with van der Waals surface area (Å²) >= 11 is 0. The minimum absolute atomic E-state index is 0.0220. The standard InChI is InChI=1S/C31H16F6O2/c1-17-2-7-22(8-3-17)39-30(38)20-6-11-24-18(14-20)4-9-23(28(24)33)19-5-10-25-21(15-19)16-27(32)26(29(25)34)12-13-31(35,36)37/h2-11,14-16H,1H3. The van der Waals surface area contributed by atoms with Gasteiger partial charge >= 0.3 is 12.1 Å². The molecule has 0 aromatic heterocycles. The summed E-state index contributed by atoms with van der Waals surface area (Å²) in [5.41, 5.74) is 0.643. The van der Waals surface area contributed by atoms with Crippen LogP contribution < -0.4 is 4.74 Å². The molecule has 0 radical (unpaired) electrons. The number of carbonyl (C=O) groups is 1. The molecule has 39 heavy (non-hydrogen) atoms. The van der Waals surface area contributed by atoms with Crippen molar-refractivity contribution in [3.8, 4) is 28.7 Å². The lowest BCUT2D eigenvalue weighted by atomic mass is 9.96. The van der Waals surface area contributed by atoms with Gasteiger partial charge in [0.05, 0.1) is 11.1 Å². The van der Waals surface area contributed by atoms with Crippen molar-refractivity contribution in [2.24, 2.45) is 0 Å². The van der Waals surface area contributed by atoms with E-state index in [-0.39, 0.29) is 32.8 Å². The molecular formula is C31H16F6O2. The maximum absolute atomic E-state index is 15.5. The second-order valence-electron chi connectivity index (χ2n) is 8.80. The van der Waals surface area contributed by atoms with Crippen molar-refractivity contribution in [2.45, 2.75) is 13.1 Å². The van der Waals surface area contributed by atoms with E-state index in [9.17, 15) is 26.7 Å². The maximum atomic E-state index is 15.5. The summed E-state index contributed by atoms with van der Waals surface area (Å²) in [6, 6.07) is 19.1. The smallest absolute Gasteiger partial charge is 0.423 e. The number of aryl methyl sites for hydroxylation is 1. The number of rotatable bonds is 3. The molecule has 0 aliphatic carbocycles. The van der Waals surface area contributed by atoms with Gasteiger partial charge in [-0.1, -0.05) is 53.9 Å². The van der Waals surface area contributed by atoms with E-state index in [1.807, 2.05) is 6.92 Å².